The van der Waals surface area contributed by atoms with Crippen molar-refractivity contribution in [2.45, 2.75) is 20.1 Å². The van der Waals surface area contributed by atoms with Crippen LogP contribution in [-0.2, 0) is 13.2 Å². The molecule has 0 saturated carbocycles. The Balaban J connectivity index is 2.70. The molecule has 0 saturated heterocycles. The van der Waals surface area contributed by atoms with Crippen molar-refractivity contribution in [2.24, 2.45) is 0 Å². The van der Waals surface area contributed by atoms with Crippen molar-refractivity contribution in [3.8, 4) is 0 Å². The normalized spacial score (nSPS) is 11.2. The van der Waals surface area contributed by atoms with Gasteiger partial charge in [-0.25, -0.2) is 0 Å². The third-order valence-electron chi connectivity index (χ3n) is 2.09. The van der Waals surface area contributed by atoms with E-state index in [9.17, 15) is 0 Å². The number of rotatable bonds is 2. The highest BCUT2D eigenvalue weighted by atomic mass is 32.1. The smallest absolute Gasteiger partial charge is 0.0833 e. The SMILES string of the molecule is CCn1c(CO)cc2sccc21. The van der Waals surface area contributed by atoms with E-state index in [-0.39, 0.29) is 6.61 Å². The van der Waals surface area contributed by atoms with Gasteiger partial charge in [0.2, 0.25) is 0 Å². The fourth-order valence-corrected chi connectivity index (χ4v) is 2.38. The van der Waals surface area contributed by atoms with Crippen molar-refractivity contribution in [3.05, 3.63) is 23.2 Å². The van der Waals surface area contributed by atoms with Crippen LogP contribution in [0.3, 0.4) is 0 Å². The topological polar surface area (TPSA) is 25.2 Å². The molecule has 0 atom stereocenters. The predicted octanol–water partition coefficient (Wildman–Crippen LogP) is 2.21. The number of fused-ring (bicyclic) bond motifs is 1. The van der Waals surface area contributed by atoms with Gasteiger partial charge in [0.25, 0.3) is 0 Å². The molecule has 0 amide bonds. The molecule has 2 aromatic rings. The van der Waals surface area contributed by atoms with Gasteiger partial charge in [0, 0.05) is 12.2 Å². The molecule has 0 radical (unpaired) electrons. The van der Waals surface area contributed by atoms with Gasteiger partial charge in [-0.1, -0.05) is 0 Å². The minimum Gasteiger partial charge on any atom is -0.390 e. The van der Waals surface area contributed by atoms with Gasteiger partial charge < -0.3 is 9.67 Å². The van der Waals surface area contributed by atoms with E-state index >= 15 is 0 Å². The highest BCUT2D eigenvalue weighted by molar-refractivity contribution is 7.17. The van der Waals surface area contributed by atoms with Crippen LogP contribution in [0, 0.1) is 0 Å². The highest BCUT2D eigenvalue weighted by Gasteiger charge is 2.06. The van der Waals surface area contributed by atoms with Crippen molar-refractivity contribution in [2.75, 3.05) is 0 Å². The summed E-state index contributed by atoms with van der Waals surface area (Å²) in [7, 11) is 0. The molecular formula is C9H11NOS. The van der Waals surface area contributed by atoms with Crippen molar-refractivity contribution in [1.29, 1.82) is 0 Å². The number of thiophene rings is 1. The Morgan fingerprint density at radius 3 is 3.08 bits per heavy atom. The second-order valence-corrected chi connectivity index (χ2v) is 3.66. The third-order valence-corrected chi connectivity index (χ3v) is 2.94. The van der Waals surface area contributed by atoms with Crippen molar-refractivity contribution in [1.82, 2.24) is 4.57 Å². The standard InChI is InChI=1S/C9H11NOS/c1-2-10-7(6-11)5-9-8(10)3-4-12-9/h3-5,11H,2,6H2,1H3. The summed E-state index contributed by atoms with van der Waals surface area (Å²) in [6.07, 6.45) is 0. The monoisotopic (exact) mass is 181 g/mol. The minimum atomic E-state index is 0.134. The maximum Gasteiger partial charge on any atom is 0.0833 e. The van der Waals surface area contributed by atoms with E-state index in [0.29, 0.717) is 0 Å². The summed E-state index contributed by atoms with van der Waals surface area (Å²) in [5, 5.41) is 11.1. The van der Waals surface area contributed by atoms with Crippen molar-refractivity contribution in [3.63, 3.8) is 0 Å². The number of hydrogen-bond acceptors (Lipinski definition) is 2. The molecule has 0 bridgehead atoms. The van der Waals surface area contributed by atoms with Gasteiger partial charge in [-0.15, -0.1) is 11.3 Å². The van der Waals surface area contributed by atoms with E-state index in [0.717, 1.165) is 12.2 Å². The van der Waals surface area contributed by atoms with E-state index in [1.54, 1.807) is 11.3 Å². The zero-order valence-corrected chi connectivity index (χ0v) is 7.77. The van der Waals surface area contributed by atoms with Crippen LogP contribution < -0.4 is 0 Å². The van der Waals surface area contributed by atoms with Crippen LogP contribution in [-0.4, -0.2) is 9.67 Å². The molecule has 2 nitrogen and oxygen atoms in total. The Morgan fingerprint density at radius 1 is 1.58 bits per heavy atom. The van der Waals surface area contributed by atoms with E-state index < -0.39 is 0 Å². The molecule has 1 N–H and O–H groups in total. The molecular weight excluding hydrogens is 170 g/mol. The summed E-state index contributed by atoms with van der Waals surface area (Å²) in [5.74, 6) is 0. The van der Waals surface area contributed by atoms with Gasteiger partial charge in [0.15, 0.2) is 0 Å². The Labute approximate surface area is 75.1 Å². The van der Waals surface area contributed by atoms with Gasteiger partial charge in [-0.2, -0.15) is 0 Å². The van der Waals surface area contributed by atoms with E-state index in [1.807, 2.05) is 0 Å². The molecule has 0 aromatic carbocycles. The second-order valence-electron chi connectivity index (χ2n) is 2.71. The largest absolute Gasteiger partial charge is 0.390 e. The maximum absolute atomic E-state index is 9.05. The molecule has 0 spiro atoms. The summed E-state index contributed by atoms with van der Waals surface area (Å²) in [4.78, 5) is 0. The molecule has 2 aromatic heterocycles. The first-order valence-corrected chi connectivity index (χ1v) is 4.91. The van der Waals surface area contributed by atoms with Gasteiger partial charge in [0.05, 0.1) is 16.8 Å². The average Bonchev–Trinajstić information content (AvgIpc) is 2.61. The zero-order chi connectivity index (χ0) is 8.55. The van der Waals surface area contributed by atoms with Crippen LogP contribution in [0.1, 0.15) is 12.6 Å². The second kappa shape index (κ2) is 2.92. The number of hydrogen-bond donors (Lipinski definition) is 1. The molecule has 2 heterocycles. The number of aryl methyl sites for hydroxylation is 1. The first-order chi connectivity index (χ1) is 5.86. The fourth-order valence-electron chi connectivity index (χ4n) is 1.53. The lowest BCUT2D eigenvalue weighted by Gasteiger charge is -2.02. The first-order valence-electron chi connectivity index (χ1n) is 4.03. The van der Waals surface area contributed by atoms with Crippen LogP contribution in [0.4, 0.5) is 0 Å². The molecule has 12 heavy (non-hydrogen) atoms. The molecule has 0 fully saturated rings. The molecule has 2 rings (SSSR count). The number of nitrogens with zero attached hydrogens (tertiary/aromatic N) is 1. The summed E-state index contributed by atoms with van der Waals surface area (Å²) in [6.45, 7) is 3.15. The van der Waals surface area contributed by atoms with Crippen molar-refractivity contribution < 1.29 is 5.11 Å². The Bertz CT molecular complexity index is 388. The van der Waals surface area contributed by atoms with Crippen LogP contribution >= 0.6 is 11.3 Å². The Kier molecular flexibility index (Phi) is 1.90. The van der Waals surface area contributed by atoms with Crippen molar-refractivity contribution >= 4 is 21.6 Å². The predicted molar refractivity (Wildman–Crippen MR) is 51.4 cm³/mol. The molecule has 3 heteroatoms. The molecule has 64 valence electrons. The summed E-state index contributed by atoms with van der Waals surface area (Å²) in [5.41, 5.74) is 2.26. The highest BCUT2D eigenvalue weighted by Crippen LogP contribution is 2.24. The number of aliphatic hydroxyl groups excluding tert-OH is 1. The maximum atomic E-state index is 9.05. The van der Waals surface area contributed by atoms with E-state index in [1.165, 1.54) is 10.2 Å². The van der Waals surface area contributed by atoms with E-state index in [2.05, 4.69) is 29.0 Å². The van der Waals surface area contributed by atoms with Gasteiger partial charge in [-0.3, -0.25) is 0 Å². The van der Waals surface area contributed by atoms with Crippen LogP contribution in [0.25, 0.3) is 10.2 Å². The number of aromatic nitrogens is 1. The van der Waals surface area contributed by atoms with Crippen LogP contribution in [0.5, 0.6) is 0 Å². The molecule has 0 aliphatic heterocycles. The minimum absolute atomic E-state index is 0.134. The molecule has 0 aliphatic carbocycles. The average molecular weight is 181 g/mol. The summed E-state index contributed by atoms with van der Waals surface area (Å²) < 4.78 is 3.41. The molecule has 0 unspecified atom stereocenters. The Hall–Kier alpha value is -0.800. The quantitative estimate of drug-likeness (QED) is 0.755. The third kappa shape index (κ3) is 0.974. The molecule has 0 aliphatic rings. The number of aliphatic hydroxyl groups is 1. The van der Waals surface area contributed by atoms with Crippen LogP contribution in [0.2, 0.25) is 0 Å². The van der Waals surface area contributed by atoms with Gasteiger partial charge >= 0.3 is 0 Å². The van der Waals surface area contributed by atoms with Gasteiger partial charge in [0.1, 0.15) is 0 Å². The van der Waals surface area contributed by atoms with Crippen LogP contribution in [0.15, 0.2) is 17.5 Å². The van der Waals surface area contributed by atoms with Gasteiger partial charge in [-0.05, 0) is 24.4 Å². The fraction of sp³-hybridized carbons (Fsp3) is 0.333. The van der Waals surface area contributed by atoms with E-state index in [4.69, 9.17) is 5.11 Å². The first kappa shape index (κ1) is 7.83. The lowest BCUT2D eigenvalue weighted by molar-refractivity contribution is 0.272. The zero-order valence-electron chi connectivity index (χ0n) is 6.95. The summed E-state index contributed by atoms with van der Waals surface area (Å²) >= 11 is 1.72. The summed E-state index contributed by atoms with van der Waals surface area (Å²) in [6, 6.07) is 4.16. The Morgan fingerprint density at radius 2 is 2.42 bits per heavy atom. The lowest BCUT2D eigenvalue weighted by atomic mass is 10.4. The lowest BCUT2D eigenvalue weighted by Crippen LogP contribution is -1.99.